The van der Waals surface area contributed by atoms with E-state index in [2.05, 4.69) is 48.3 Å². The van der Waals surface area contributed by atoms with Gasteiger partial charge in [-0.15, -0.1) is 12.4 Å². The lowest BCUT2D eigenvalue weighted by molar-refractivity contribution is 0.313. The maximum Gasteiger partial charge on any atom is 0.127 e. The van der Waals surface area contributed by atoms with E-state index in [1.807, 2.05) is 18.7 Å². The Hall–Kier alpha value is -1.62. The Morgan fingerprint density at radius 3 is 2.56 bits per heavy atom. The summed E-state index contributed by atoms with van der Waals surface area (Å²) in [6.45, 7) is 4.94. The fraction of sp³-hybridized carbons (Fsp3) is 0.364. The first-order chi connectivity index (χ1) is 12.7. The lowest BCUT2D eigenvalue weighted by atomic mass is 9.87. The summed E-state index contributed by atoms with van der Waals surface area (Å²) < 4.78 is 11.5. The Morgan fingerprint density at radius 2 is 1.85 bits per heavy atom. The molecule has 3 nitrogen and oxygen atoms in total. The fourth-order valence-electron chi connectivity index (χ4n) is 3.82. The van der Waals surface area contributed by atoms with Crippen LogP contribution < -0.4 is 9.47 Å². The van der Waals surface area contributed by atoms with Crippen LogP contribution in [0.1, 0.15) is 30.9 Å². The number of ether oxygens (including phenoxy) is 2. The van der Waals surface area contributed by atoms with Crippen LogP contribution in [0.5, 0.6) is 11.5 Å². The molecule has 1 saturated heterocycles. The Morgan fingerprint density at radius 1 is 1.07 bits per heavy atom. The molecule has 0 saturated carbocycles. The normalized spacial score (nSPS) is 16.3. The molecular weight excluding hydrogens is 378 g/mol. The van der Waals surface area contributed by atoms with Gasteiger partial charge in [0, 0.05) is 28.4 Å². The second-order valence-corrected chi connectivity index (χ2v) is 7.89. The molecule has 2 aromatic rings. The Labute approximate surface area is 172 Å². The molecule has 0 N–H and O–H groups in total. The van der Waals surface area contributed by atoms with Gasteiger partial charge in [-0.3, -0.25) is 0 Å². The van der Waals surface area contributed by atoms with Gasteiger partial charge in [-0.25, -0.2) is 0 Å². The van der Waals surface area contributed by atoms with E-state index in [9.17, 15) is 0 Å². The van der Waals surface area contributed by atoms with Gasteiger partial charge in [0.2, 0.25) is 0 Å². The first kappa shape index (κ1) is 20.1. The number of hydrogen-bond acceptors (Lipinski definition) is 4. The zero-order valence-electron chi connectivity index (χ0n) is 16.1. The summed E-state index contributed by atoms with van der Waals surface area (Å²) in [4.78, 5) is 4.95. The number of likely N-dealkylation sites (tertiary alicyclic amines) is 1. The van der Waals surface area contributed by atoms with E-state index in [-0.39, 0.29) is 12.4 Å². The predicted octanol–water partition coefficient (Wildman–Crippen LogP) is 5.51. The number of hydrogen-bond donors (Lipinski definition) is 0. The molecule has 0 spiro atoms. The van der Waals surface area contributed by atoms with Crippen LogP contribution in [-0.2, 0) is 0 Å². The molecular formula is C22H26ClNO2S. The first-order valence-corrected chi connectivity index (χ1v) is 10.1. The minimum absolute atomic E-state index is 0. The average molecular weight is 404 g/mol. The second-order valence-electron chi connectivity index (χ2n) is 6.81. The molecule has 5 heteroatoms. The highest BCUT2D eigenvalue weighted by Gasteiger charge is 2.28. The van der Waals surface area contributed by atoms with E-state index in [1.54, 1.807) is 12.7 Å². The minimum atomic E-state index is 0. The fourth-order valence-corrected chi connectivity index (χ4v) is 4.96. The van der Waals surface area contributed by atoms with Crippen molar-refractivity contribution in [3.63, 3.8) is 0 Å². The largest absolute Gasteiger partial charge is 0.496 e. The molecule has 4 rings (SSSR count). The van der Waals surface area contributed by atoms with E-state index in [1.165, 1.54) is 26.5 Å². The van der Waals surface area contributed by atoms with Crippen molar-refractivity contribution in [1.82, 2.24) is 4.90 Å². The minimum Gasteiger partial charge on any atom is -0.496 e. The standard InChI is InChI=1S/C22H25NO2S.ClH/c1-4-25-16-8-9-17-20(14-16)26-19-7-5-6-18(24-3)22(19)21(17)15-10-12-23(2)13-11-15;/h5-9,14H,4,10-13H2,1-3H3;1H. The third-order valence-corrected chi connectivity index (χ3v) is 6.27. The smallest absolute Gasteiger partial charge is 0.127 e. The van der Waals surface area contributed by atoms with Crippen molar-refractivity contribution in [2.75, 3.05) is 33.9 Å². The molecule has 0 unspecified atom stereocenters. The summed E-state index contributed by atoms with van der Waals surface area (Å²) in [6.07, 6.45) is 2.22. The molecule has 27 heavy (non-hydrogen) atoms. The Kier molecular flexibility index (Phi) is 6.40. The highest BCUT2D eigenvalue weighted by molar-refractivity contribution is 7.99. The number of piperidine rings is 1. The molecule has 144 valence electrons. The SMILES string of the molecule is CCOc1ccc2c(c1)Sc1cccc(OC)c1C2=C1CCN(C)CC1.Cl. The number of fused-ring (bicyclic) bond motifs is 2. The number of rotatable bonds is 3. The van der Waals surface area contributed by atoms with Crippen LogP contribution in [0, 0.1) is 0 Å². The number of methoxy groups -OCH3 is 1. The second kappa shape index (κ2) is 8.59. The van der Waals surface area contributed by atoms with Crippen molar-refractivity contribution >= 4 is 29.7 Å². The van der Waals surface area contributed by atoms with Crippen molar-refractivity contribution in [3.8, 4) is 11.5 Å². The lowest BCUT2D eigenvalue weighted by Crippen LogP contribution is -2.27. The van der Waals surface area contributed by atoms with Crippen molar-refractivity contribution in [2.24, 2.45) is 0 Å². The summed E-state index contributed by atoms with van der Waals surface area (Å²) in [6, 6.07) is 12.9. The van der Waals surface area contributed by atoms with Crippen LogP contribution in [0.25, 0.3) is 5.57 Å². The summed E-state index contributed by atoms with van der Waals surface area (Å²) in [7, 11) is 3.97. The summed E-state index contributed by atoms with van der Waals surface area (Å²) in [5.74, 6) is 1.91. The van der Waals surface area contributed by atoms with Crippen LogP contribution in [0.2, 0.25) is 0 Å². The van der Waals surface area contributed by atoms with E-state index in [0.717, 1.165) is 37.4 Å². The van der Waals surface area contributed by atoms with Crippen molar-refractivity contribution in [1.29, 1.82) is 0 Å². The van der Waals surface area contributed by atoms with E-state index >= 15 is 0 Å². The number of benzene rings is 2. The molecule has 0 atom stereocenters. The average Bonchev–Trinajstić information content (AvgIpc) is 2.66. The summed E-state index contributed by atoms with van der Waals surface area (Å²) >= 11 is 1.82. The van der Waals surface area contributed by atoms with Crippen molar-refractivity contribution < 1.29 is 9.47 Å². The lowest BCUT2D eigenvalue weighted by Gasteiger charge is -2.31. The van der Waals surface area contributed by atoms with Gasteiger partial charge in [-0.2, -0.15) is 0 Å². The summed E-state index contributed by atoms with van der Waals surface area (Å²) in [5, 5.41) is 0. The quantitative estimate of drug-likeness (QED) is 0.574. The zero-order valence-corrected chi connectivity index (χ0v) is 17.7. The van der Waals surface area contributed by atoms with Gasteiger partial charge in [-0.1, -0.05) is 23.4 Å². The van der Waals surface area contributed by atoms with Gasteiger partial charge in [-0.05, 0) is 68.3 Å². The van der Waals surface area contributed by atoms with Crippen LogP contribution in [0.15, 0.2) is 51.8 Å². The third kappa shape index (κ3) is 3.84. The van der Waals surface area contributed by atoms with E-state index < -0.39 is 0 Å². The Bertz CT molecular complexity index is 855. The van der Waals surface area contributed by atoms with Gasteiger partial charge in [0.25, 0.3) is 0 Å². The van der Waals surface area contributed by atoms with Crippen molar-refractivity contribution in [3.05, 3.63) is 53.1 Å². The van der Waals surface area contributed by atoms with E-state index in [0.29, 0.717) is 6.61 Å². The summed E-state index contributed by atoms with van der Waals surface area (Å²) in [5.41, 5.74) is 5.49. The topological polar surface area (TPSA) is 21.7 Å². The molecule has 0 aliphatic carbocycles. The van der Waals surface area contributed by atoms with Crippen LogP contribution in [0.4, 0.5) is 0 Å². The highest BCUT2D eigenvalue weighted by atomic mass is 35.5. The van der Waals surface area contributed by atoms with Gasteiger partial charge >= 0.3 is 0 Å². The maximum absolute atomic E-state index is 5.75. The Balaban J connectivity index is 0.00000210. The monoisotopic (exact) mass is 403 g/mol. The third-order valence-electron chi connectivity index (χ3n) is 5.16. The molecule has 0 radical (unpaired) electrons. The first-order valence-electron chi connectivity index (χ1n) is 9.24. The van der Waals surface area contributed by atoms with Gasteiger partial charge in [0.05, 0.1) is 13.7 Å². The highest BCUT2D eigenvalue weighted by Crippen LogP contribution is 2.51. The molecule has 2 heterocycles. The van der Waals surface area contributed by atoms with Crippen LogP contribution in [-0.4, -0.2) is 38.8 Å². The number of halogens is 1. The van der Waals surface area contributed by atoms with Crippen LogP contribution >= 0.6 is 24.2 Å². The molecule has 2 aromatic carbocycles. The molecule has 0 aromatic heterocycles. The molecule has 0 bridgehead atoms. The van der Waals surface area contributed by atoms with Gasteiger partial charge in [0.1, 0.15) is 11.5 Å². The van der Waals surface area contributed by atoms with E-state index in [4.69, 9.17) is 9.47 Å². The molecule has 2 aliphatic heterocycles. The zero-order chi connectivity index (χ0) is 18.1. The molecule has 2 aliphatic rings. The molecule has 0 amide bonds. The van der Waals surface area contributed by atoms with Gasteiger partial charge < -0.3 is 14.4 Å². The van der Waals surface area contributed by atoms with Crippen molar-refractivity contribution in [2.45, 2.75) is 29.6 Å². The molecule has 1 fully saturated rings. The predicted molar refractivity (Wildman–Crippen MR) is 115 cm³/mol. The maximum atomic E-state index is 5.75. The van der Waals surface area contributed by atoms with Gasteiger partial charge in [0.15, 0.2) is 0 Å². The number of nitrogens with zero attached hydrogens (tertiary/aromatic N) is 1. The van der Waals surface area contributed by atoms with Crippen LogP contribution in [0.3, 0.4) is 0 Å².